The smallest absolute Gasteiger partial charge is 0.306 e. The average Bonchev–Trinajstić information content (AvgIpc) is 2.73. The lowest BCUT2D eigenvalue weighted by Gasteiger charge is -2.25. The highest BCUT2D eigenvalue weighted by Crippen LogP contribution is 2.29. The summed E-state index contributed by atoms with van der Waals surface area (Å²) in [6.07, 6.45) is 5.62. The maximum Gasteiger partial charge on any atom is 0.306 e. The van der Waals surface area contributed by atoms with E-state index in [9.17, 15) is 14.4 Å². The molecule has 3 N–H and O–H groups in total. The van der Waals surface area contributed by atoms with Gasteiger partial charge in [0, 0.05) is 36.1 Å². The van der Waals surface area contributed by atoms with E-state index in [0.29, 0.717) is 30.6 Å². The summed E-state index contributed by atoms with van der Waals surface area (Å²) in [4.78, 5) is 39.7. The minimum absolute atomic E-state index is 0.114. The second-order valence-electron chi connectivity index (χ2n) is 7.01. The van der Waals surface area contributed by atoms with Gasteiger partial charge in [0.05, 0.1) is 5.92 Å². The third-order valence-corrected chi connectivity index (χ3v) is 4.99. The van der Waals surface area contributed by atoms with Gasteiger partial charge in [0.2, 0.25) is 5.91 Å². The first kappa shape index (κ1) is 19.5. The highest BCUT2D eigenvalue weighted by atomic mass is 16.4. The van der Waals surface area contributed by atoms with Crippen LogP contribution >= 0.6 is 0 Å². The molecule has 0 bridgehead atoms. The SMILES string of the molecule is O=C(Nc1cccc(CNC(=O)C2CCCC(C(=O)O)C2)c1)c1ccncc1. The number of amides is 2. The number of pyridine rings is 1. The summed E-state index contributed by atoms with van der Waals surface area (Å²) >= 11 is 0. The molecule has 1 aliphatic rings. The van der Waals surface area contributed by atoms with Crippen LogP contribution in [0.3, 0.4) is 0 Å². The highest BCUT2D eigenvalue weighted by molar-refractivity contribution is 6.04. The summed E-state index contributed by atoms with van der Waals surface area (Å²) < 4.78 is 0. The summed E-state index contributed by atoms with van der Waals surface area (Å²) in [6, 6.07) is 10.5. The second kappa shape index (κ2) is 9.12. The first-order valence-corrected chi connectivity index (χ1v) is 9.34. The summed E-state index contributed by atoms with van der Waals surface area (Å²) in [5, 5.41) is 14.9. The Balaban J connectivity index is 1.55. The van der Waals surface area contributed by atoms with Crippen molar-refractivity contribution in [1.29, 1.82) is 0 Å². The van der Waals surface area contributed by atoms with E-state index in [4.69, 9.17) is 5.11 Å². The van der Waals surface area contributed by atoms with E-state index in [2.05, 4.69) is 15.6 Å². The Morgan fingerprint density at radius 3 is 2.57 bits per heavy atom. The minimum Gasteiger partial charge on any atom is -0.481 e. The first-order chi connectivity index (χ1) is 13.5. The fraction of sp³-hybridized carbons (Fsp3) is 0.333. The van der Waals surface area contributed by atoms with E-state index in [1.54, 1.807) is 36.7 Å². The molecule has 1 aliphatic carbocycles. The normalized spacial score (nSPS) is 18.9. The fourth-order valence-electron chi connectivity index (χ4n) is 3.45. The van der Waals surface area contributed by atoms with Gasteiger partial charge >= 0.3 is 5.97 Å². The number of carbonyl (C=O) groups excluding carboxylic acids is 2. The molecule has 1 aromatic carbocycles. The largest absolute Gasteiger partial charge is 0.481 e. The van der Waals surface area contributed by atoms with Crippen LogP contribution in [0.5, 0.6) is 0 Å². The van der Waals surface area contributed by atoms with Crippen LogP contribution in [-0.4, -0.2) is 27.9 Å². The van der Waals surface area contributed by atoms with Gasteiger partial charge in [-0.25, -0.2) is 0 Å². The lowest BCUT2D eigenvalue weighted by atomic mass is 9.81. The zero-order valence-electron chi connectivity index (χ0n) is 15.4. The predicted molar refractivity (Wildman–Crippen MR) is 104 cm³/mol. The fourth-order valence-corrected chi connectivity index (χ4v) is 3.45. The molecule has 1 fully saturated rings. The molecular weight excluding hydrogens is 358 g/mol. The number of benzene rings is 1. The van der Waals surface area contributed by atoms with Crippen LogP contribution in [0.2, 0.25) is 0 Å². The van der Waals surface area contributed by atoms with Gasteiger partial charge in [-0.3, -0.25) is 19.4 Å². The van der Waals surface area contributed by atoms with Crippen LogP contribution < -0.4 is 10.6 Å². The van der Waals surface area contributed by atoms with Crippen LogP contribution in [0.4, 0.5) is 5.69 Å². The minimum atomic E-state index is -0.824. The Morgan fingerprint density at radius 2 is 1.82 bits per heavy atom. The molecule has 0 aliphatic heterocycles. The van der Waals surface area contributed by atoms with Crippen molar-refractivity contribution >= 4 is 23.5 Å². The number of nitrogens with one attached hydrogen (secondary N) is 2. The summed E-state index contributed by atoms with van der Waals surface area (Å²) in [5.41, 5.74) is 2.00. The number of carboxylic acids is 1. The van der Waals surface area contributed by atoms with Crippen molar-refractivity contribution in [2.75, 3.05) is 5.32 Å². The third-order valence-electron chi connectivity index (χ3n) is 4.99. The summed E-state index contributed by atoms with van der Waals surface area (Å²) in [6.45, 7) is 0.325. The monoisotopic (exact) mass is 381 g/mol. The molecule has 7 heteroatoms. The van der Waals surface area contributed by atoms with Crippen molar-refractivity contribution in [2.45, 2.75) is 32.2 Å². The maximum atomic E-state index is 12.4. The van der Waals surface area contributed by atoms with Gasteiger partial charge in [-0.15, -0.1) is 0 Å². The summed E-state index contributed by atoms with van der Waals surface area (Å²) in [7, 11) is 0. The number of hydrogen-bond donors (Lipinski definition) is 3. The quantitative estimate of drug-likeness (QED) is 0.713. The summed E-state index contributed by atoms with van der Waals surface area (Å²) in [5.74, 6) is -1.86. The van der Waals surface area contributed by atoms with Gasteiger partial charge < -0.3 is 15.7 Å². The molecule has 0 spiro atoms. The standard InChI is InChI=1S/C21H23N3O4/c25-19(16-4-2-5-17(12-16)21(27)28)23-13-14-3-1-6-18(11-14)24-20(26)15-7-9-22-10-8-15/h1,3,6-11,16-17H,2,4-5,12-13H2,(H,23,25)(H,24,26)(H,27,28). The van der Waals surface area contributed by atoms with Crippen molar-refractivity contribution in [3.8, 4) is 0 Å². The van der Waals surface area contributed by atoms with Gasteiger partial charge in [-0.2, -0.15) is 0 Å². The van der Waals surface area contributed by atoms with Gasteiger partial charge in [0.25, 0.3) is 5.91 Å². The molecule has 28 heavy (non-hydrogen) atoms. The van der Waals surface area contributed by atoms with E-state index >= 15 is 0 Å². The maximum absolute atomic E-state index is 12.4. The third kappa shape index (κ3) is 5.16. The first-order valence-electron chi connectivity index (χ1n) is 9.34. The van der Waals surface area contributed by atoms with Crippen molar-refractivity contribution in [3.63, 3.8) is 0 Å². The second-order valence-corrected chi connectivity index (χ2v) is 7.01. The molecule has 7 nitrogen and oxygen atoms in total. The molecule has 2 unspecified atom stereocenters. The molecule has 0 radical (unpaired) electrons. The molecule has 1 heterocycles. The van der Waals surface area contributed by atoms with Crippen LogP contribution in [0, 0.1) is 11.8 Å². The van der Waals surface area contributed by atoms with Crippen molar-refractivity contribution in [3.05, 3.63) is 59.9 Å². The topological polar surface area (TPSA) is 108 Å². The van der Waals surface area contributed by atoms with E-state index < -0.39 is 11.9 Å². The lowest BCUT2D eigenvalue weighted by Crippen LogP contribution is -2.35. The number of aromatic nitrogens is 1. The number of carboxylic acid groups (broad SMARTS) is 1. The molecule has 3 rings (SSSR count). The molecule has 1 saturated carbocycles. The van der Waals surface area contributed by atoms with Crippen molar-refractivity contribution < 1.29 is 19.5 Å². The number of rotatable bonds is 6. The Morgan fingerprint density at radius 1 is 1.07 bits per heavy atom. The number of carbonyl (C=O) groups is 3. The van der Waals surface area contributed by atoms with E-state index in [0.717, 1.165) is 18.4 Å². The molecule has 2 amide bonds. The van der Waals surface area contributed by atoms with Gasteiger partial charge in [0.1, 0.15) is 0 Å². The zero-order valence-corrected chi connectivity index (χ0v) is 15.4. The average molecular weight is 381 g/mol. The molecule has 2 atom stereocenters. The van der Waals surface area contributed by atoms with Gasteiger partial charge in [-0.1, -0.05) is 18.6 Å². The van der Waals surface area contributed by atoms with Crippen molar-refractivity contribution in [1.82, 2.24) is 10.3 Å². The van der Waals surface area contributed by atoms with E-state index in [1.807, 2.05) is 12.1 Å². The van der Waals surface area contributed by atoms with Gasteiger partial charge in [-0.05, 0) is 49.1 Å². The molecule has 1 aromatic heterocycles. The van der Waals surface area contributed by atoms with Crippen LogP contribution in [0.25, 0.3) is 0 Å². The molecule has 0 saturated heterocycles. The Labute approximate surface area is 163 Å². The van der Waals surface area contributed by atoms with Crippen molar-refractivity contribution in [2.24, 2.45) is 11.8 Å². The molecule has 2 aromatic rings. The number of aliphatic carboxylic acids is 1. The molecule has 146 valence electrons. The molecular formula is C21H23N3O4. The van der Waals surface area contributed by atoms with Crippen LogP contribution in [0.15, 0.2) is 48.8 Å². The number of hydrogen-bond acceptors (Lipinski definition) is 4. The number of nitrogens with zero attached hydrogens (tertiary/aromatic N) is 1. The van der Waals surface area contributed by atoms with Crippen LogP contribution in [-0.2, 0) is 16.1 Å². The van der Waals surface area contributed by atoms with Gasteiger partial charge in [0.15, 0.2) is 0 Å². The Hall–Kier alpha value is -3.22. The Bertz CT molecular complexity index is 854. The Kier molecular flexibility index (Phi) is 6.37. The predicted octanol–water partition coefficient (Wildman–Crippen LogP) is 2.84. The van der Waals surface area contributed by atoms with E-state index in [-0.39, 0.29) is 17.7 Å². The number of anilines is 1. The zero-order chi connectivity index (χ0) is 19.9. The van der Waals surface area contributed by atoms with Crippen LogP contribution in [0.1, 0.15) is 41.6 Å². The lowest BCUT2D eigenvalue weighted by molar-refractivity contribution is -0.144. The highest BCUT2D eigenvalue weighted by Gasteiger charge is 2.30. The van der Waals surface area contributed by atoms with E-state index in [1.165, 1.54) is 0 Å².